The summed E-state index contributed by atoms with van der Waals surface area (Å²) in [5, 5.41) is 5.86. The summed E-state index contributed by atoms with van der Waals surface area (Å²) in [6, 6.07) is 9.53. The molecule has 1 N–H and O–H groups in total. The summed E-state index contributed by atoms with van der Waals surface area (Å²) in [6.45, 7) is 0. The largest absolute Gasteiger partial charge is 0.339 e. The molecule has 2 heterocycles. The van der Waals surface area contributed by atoms with Crippen molar-refractivity contribution in [3.63, 3.8) is 0 Å². The van der Waals surface area contributed by atoms with Crippen LogP contribution in [-0.2, 0) is 16.4 Å². The van der Waals surface area contributed by atoms with E-state index in [4.69, 9.17) is 4.52 Å². The predicted octanol–water partition coefficient (Wildman–Crippen LogP) is 4.81. The number of hydrogen-bond acceptors (Lipinski definition) is 6. The molecule has 0 radical (unpaired) electrons. The topological polar surface area (TPSA) is 85.1 Å². The highest BCUT2D eigenvalue weighted by molar-refractivity contribution is 7.91. The fourth-order valence-corrected chi connectivity index (χ4v) is 6.81. The second-order valence-corrected chi connectivity index (χ2v) is 10.7. The molecule has 1 fully saturated rings. The maximum Gasteiger partial charge on any atom is 0.250 e. The van der Waals surface area contributed by atoms with Crippen LogP contribution < -0.4 is 4.72 Å². The molecule has 0 amide bonds. The first kappa shape index (κ1) is 19.0. The van der Waals surface area contributed by atoms with Gasteiger partial charge in [0.1, 0.15) is 4.21 Å². The number of hydrogen-bond donors (Lipinski definition) is 1. The third-order valence-electron chi connectivity index (χ3n) is 5.91. The number of thiophene rings is 1. The molecule has 0 bridgehead atoms. The highest BCUT2D eigenvalue weighted by Gasteiger charge is 2.28. The van der Waals surface area contributed by atoms with Crippen LogP contribution in [0.25, 0.3) is 11.4 Å². The van der Waals surface area contributed by atoms with Crippen LogP contribution in [0.5, 0.6) is 0 Å². The van der Waals surface area contributed by atoms with E-state index in [1.165, 1.54) is 29.7 Å². The first-order valence-corrected chi connectivity index (χ1v) is 12.5. The van der Waals surface area contributed by atoms with Gasteiger partial charge in [-0.2, -0.15) is 4.98 Å². The molecule has 6 nitrogen and oxygen atoms in total. The summed E-state index contributed by atoms with van der Waals surface area (Å²) < 4.78 is 34.6. The van der Waals surface area contributed by atoms with Crippen LogP contribution in [0.3, 0.4) is 0 Å². The van der Waals surface area contributed by atoms with Gasteiger partial charge in [0.05, 0.1) is 0 Å². The fraction of sp³-hybridized carbons (Fsp3) is 0.429. The van der Waals surface area contributed by atoms with Crippen molar-refractivity contribution in [2.45, 2.75) is 61.1 Å². The van der Waals surface area contributed by atoms with Crippen molar-refractivity contribution in [1.29, 1.82) is 0 Å². The molecule has 1 aromatic carbocycles. The predicted molar refractivity (Wildman–Crippen MR) is 111 cm³/mol. The van der Waals surface area contributed by atoms with E-state index in [1.807, 2.05) is 18.2 Å². The van der Waals surface area contributed by atoms with Crippen molar-refractivity contribution < 1.29 is 12.9 Å². The zero-order valence-corrected chi connectivity index (χ0v) is 17.6. The zero-order chi connectivity index (χ0) is 19.8. The number of sulfonamides is 1. The van der Waals surface area contributed by atoms with Crippen LogP contribution in [-0.4, -0.2) is 18.6 Å². The molecule has 2 aliphatic rings. The van der Waals surface area contributed by atoms with Crippen molar-refractivity contribution in [3.05, 3.63) is 52.7 Å². The van der Waals surface area contributed by atoms with Crippen molar-refractivity contribution >= 4 is 21.4 Å². The van der Waals surface area contributed by atoms with Crippen LogP contribution in [0.4, 0.5) is 0 Å². The minimum absolute atomic E-state index is 0.186. The minimum atomic E-state index is -3.62. The Morgan fingerprint density at radius 2 is 1.93 bits per heavy atom. The van der Waals surface area contributed by atoms with Gasteiger partial charge < -0.3 is 4.52 Å². The van der Waals surface area contributed by atoms with Crippen LogP contribution in [0.15, 0.2) is 44.4 Å². The summed E-state index contributed by atoms with van der Waals surface area (Å²) in [7, 11) is -3.62. The van der Waals surface area contributed by atoms with Gasteiger partial charge in [0.15, 0.2) is 0 Å². The van der Waals surface area contributed by atoms with Gasteiger partial charge in [-0.15, -0.1) is 11.3 Å². The molecule has 3 aromatic rings. The fourth-order valence-electron chi connectivity index (χ4n) is 4.39. The number of aryl methyl sites for hydroxylation is 1. The second kappa shape index (κ2) is 7.66. The molecule has 1 saturated carbocycles. The number of nitrogens with zero attached hydrogens (tertiary/aromatic N) is 2. The molecular weight excluding hydrogens is 406 g/mol. The molecule has 0 spiro atoms. The number of nitrogens with one attached hydrogen (secondary N) is 1. The third kappa shape index (κ3) is 3.76. The highest BCUT2D eigenvalue weighted by atomic mass is 32.2. The molecule has 2 aromatic heterocycles. The Morgan fingerprint density at radius 3 is 2.79 bits per heavy atom. The summed E-state index contributed by atoms with van der Waals surface area (Å²) in [4.78, 5) is 4.52. The summed E-state index contributed by atoms with van der Waals surface area (Å²) >= 11 is 1.19. The van der Waals surface area contributed by atoms with Gasteiger partial charge in [-0.05, 0) is 49.3 Å². The molecule has 152 valence electrons. The van der Waals surface area contributed by atoms with E-state index in [0.717, 1.165) is 37.7 Å². The molecule has 29 heavy (non-hydrogen) atoms. The monoisotopic (exact) mass is 429 g/mol. The third-order valence-corrected chi connectivity index (χ3v) is 8.82. The maximum atomic E-state index is 13.0. The Bertz CT molecular complexity index is 1110. The van der Waals surface area contributed by atoms with Crippen LogP contribution in [0.1, 0.15) is 67.5 Å². The Morgan fingerprint density at radius 1 is 1.10 bits per heavy atom. The van der Waals surface area contributed by atoms with Crippen LogP contribution >= 0.6 is 11.3 Å². The first-order valence-electron chi connectivity index (χ1n) is 10.1. The average Bonchev–Trinajstić information content (AvgIpc) is 3.48. The second-order valence-electron chi connectivity index (χ2n) is 7.86. The number of benzene rings is 1. The molecule has 2 aliphatic carbocycles. The molecule has 8 heteroatoms. The molecule has 0 unspecified atom stereocenters. The lowest BCUT2D eigenvalue weighted by atomic mass is 9.88. The highest BCUT2D eigenvalue weighted by Crippen LogP contribution is 2.35. The van der Waals surface area contributed by atoms with Crippen molar-refractivity contribution in [3.8, 4) is 11.4 Å². The van der Waals surface area contributed by atoms with Crippen molar-refractivity contribution in [2.75, 3.05) is 0 Å². The molecule has 5 rings (SSSR count). The maximum absolute atomic E-state index is 13.0. The number of rotatable bonds is 5. The molecule has 0 saturated heterocycles. The van der Waals surface area contributed by atoms with Gasteiger partial charge in [0.25, 0.3) is 10.0 Å². The van der Waals surface area contributed by atoms with E-state index < -0.39 is 10.0 Å². The summed E-state index contributed by atoms with van der Waals surface area (Å²) in [5.74, 6) is 1.48. The minimum Gasteiger partial charge on any atom is -0.339 e. The van der Waals surface area contributed by atoms with Gasteiger partial charge in [0.2, 0.25) is 11.7 Å². The number of aromatic nitrogens is 2. The lowest BCUT2D eigenvalue weighted by molar-refractivity contribution is 0.354. The lowest BCUT2D eigenvalue weighted by Gasteiger charge is -2.25. The molecule has 1 atom stereocenters. The van der Waals surface area contributed by atoms with E-state index in [2.05, 4.69) is 20.9 Å². The molecule has 0 aliphatic heterocycles. The van der Waals surface area contributed by atoms with Gasteiger partial charge in [-0.25, -0.2) is 13.1 Å². The van der Waals surface area contributed by atoms with Gasteiger partial charge in [-0.1, -0.05) is 42.3 Å². The Kier molecular flexibility index (Phi) is 5.01. The summed E-state index contributed by atoms with van der Waals surface area (Å²) in [5.41, 5.74) is 3.00. The SMILES string of the molecule is O=S(=O)(N[C@H]1CCCc2ccccc21)c1cc(-c2noc(C3CCCC3)n2)cs1. The van der Waals surface area contributed by atoms with Crippen molar-refractivity contribution in [1.82, 2.24) is 14.9 Å². The zero-order valence-electron chi connectivity index (χ0n) is 16.0. The lowest BCUT2D eigenvalue weighted by Crippen LogP contribution is -2.30. The van der Waals surface area contributed by atoms with E-state index in [-0.39, 0.29) is 10.3 Å². The van der Waals surface area contributed by atoms with E-state index >= 15 is 0 Å². The Balaban J connectivity index is 1.36. The van der Waals surface area contributed by atoms with Crippen molar-refractivity contribution in [2.24, 2.45) is 0 Å². The van der Waals surface area contributed by atoms with E-state index in [0.29, 0.717) is 23.2 Å². The van der Waals surface area contributed by atoms with Crippen LogP contribution in [0, 0.1) is 0 Å². The van der Waals surface area contributed by atoms with Gasteiger partial charge >= 0.3 is 0 Å². The average molecular weight is 430 g/mol. The smallest absolute Gasteiger partial charge is 0.250 e. The molecular formula is C21H23N3O3S2. The first-order chi connectivity index (χ1) is 14.1. The van der Waals surface area contributed by atoms with Gasteiger partial charge in [-0.3, -0.25) is 0 Å². The van der Waals surface area contributed by atoms with E-state index in [1.54, 1.807) is 11.4 Å². The Labute approximate surface area is 174 Å². The number of fused-ring (bicyclic) bond motifs is 1. The van der Waals surface area contributed by atoms with E-state index in [9.17, 15) is 8.42 Å². The standard InChI is InChI=1S/C21H23N3O3S2/c25-29(26,24-18-11-5-9-14-6-3-4-10-17(14)18)19-12-16(13-28-19)20-22-21(27-23-20)15-7-1-2-8-15/h3-4,6,10,12-13,15,18,24H,1-2,5,7-9,11H2/t18-/m0/s1. The van der Waals surface area contributed by atoms with Gasteiger partial charge in [0, 0.05) is 22.9 Å². The van der Waals surface area contributed by atoms with Crippen LogP contribution in [0.2, 0.25) is 0 Å². The quantitative estimate of drug-likeness (QED) is 0.629. The normalized spacial score (nSPS) is 20.1. The Hall–Kier alpha value is -2.03. The summed E-state index contributed by atoms with van der Waals surface area (Å²) in [6.07, 6.45) is 7.34.